The number of hydrogen-bond donors (Lipinski definition) is 0. The second-order valence-electron chi connectivity index (χ2n) is 3.20. The van der Waals surface area contributed by atoms with E-state index in [1.165, 1.54) is 28.4 Å². The zero-order chi connectivity index (χ0) is 14.3. The van der Waals surface area contributed by atoms with Gasteiger partial charge in [-0.1, -0.05) is 0 Å². The minimum Gasteiger partial charge on any atom is -0.489 e. The van der Waals surface area contributed by atoms with Gasteiger partial charge in [0, 0.05) is 14.2 Å². The number of hydrogen-bond acceptors (Lipinski definition) is 7. The van der Waals surface area contributed by atoms with Crippen molar-refractivity contribution in [3.05, 3.63) is 3.57 Å². The molecule has 0 N–H and O–H groups in total. The number of ether oxygens (including phenoxy) is 6. The molecule has 1 rings (SSSR count). The zero-order valence-electron chi connectivity index (χ0n) is 11.2. The summed E-state index contributed by atoms with van der Waals surface area (Å²) in [5.41, 5.74) is 0. The van der Waals surface area contributed by atoms with Crippen LogP contribution in [0, 0.1) is 3.57 Å². The molecule has 0 aliphatic carbocycles. The first-order valence-corrected chi connectivity index (χ1v) is 6.32. The maximum atomic E-state index is 5.48. The summed E-state index contributed by atoms with van der Waals surface area (Å²) in [4.78, 5) is 4.19. The fourth-order valence-electron chi connectivity index (χ4n) is 1.26. The lowest BCUT2D eigenvalue weighted by molar-refractivity contribution is 0.0404. The van der Waals surface area contributed by atoms with Crippen LogP contribution < -0.4 is 18.9 Å². The first-order valence-electron chi connectivity index (χ1n) is 5.24. The number of methoxy groups -OCH3 is 4. The molecule has 108 valence electrons. The van der Waals surface area contributed by atoms with Crippen molar-refractivity contribution < 1.29 is 28.4 Å². The second-order valence-corrected chi connectivity index (χ2v) is 4.28. The van der Waals surface area contributed by atoms with Crippen molar-refractivity contribution in [1.29, 1.82) is 0 Å². The fraction of sp³-hybridized carbons (Fsp3) is 0.545. The highest BCUT2D eigenvalue weighted by molar-refractivity contribution is 14.1. The van der Waals surface area contributed by atoms with E-state index in [1.54, 1.807) is 0 Å². The molecule has 7 nitrogen and oxygen atoms in total. The average molecular weight is 385 g/mol. The summed E-state index contributed by atoms with van der Waals surface area (Å²) in [5.74, 6) is 1.43. The smallest absolute Gasteiger partial charge is 0.264 e. The molecular weight excluding hydrogens is 369 g/mol. The van der Waals surface area contributed by atoms with Crippen LogP contribution in [-0.4, -0.2) is 47.0 Å². The van der Waals surface area contributed by atoms with E-state index < -0.39 is 0 Å². The summed E-state index contributed by atoms with van der Waals surface area (Å²) in [5, 5.41) is 0. The normalized spacial score (nSPS) is 10.2. The molecule has 0 aliphatic rings. The Kier molecular flexibility index (Phi) is 6.95. The van der Waals surface area contributed by atoms with Gasteiger partial charge in [0.1, 0.15) is 3.57 Å². The molecule has 0 radical (unpaired) electrons. The van der Waals surface area contributed by atoms with Gasteiger partial charge in [0.2, 0.25) is 11.6 Å². The second kappa shape index (κ2) is 8.23. The van der Waals surface area contributed by atoms with E-state index in [4.69, 9.17) is 28.4 Å². The number of halogens is 1. The maximum Gasteiger partial charge on any atom is 0.264 e. The fourth-order valence-corrected chi connectivity index (χ4v) is 1.94. The molecule has 0 spiro atoms. The highest BCUT2D eigenvalue weighted by Gasteiger charge is 2.22. The van der Waals surface area contributed by atoms with Gasteiger partial charge >= 0.3 is 0 Å². The maximum absolute atomic E-state index is 5.48. The van der Waals surface area contributed by atoms with E-state index in [-0.39, 0.29) is 19.5 Å². The third kappa shape index (κ3) is 3.98. The summed E-state index contributed by atoms with van der Waals surface area (Å²) >= 11 is 2.04. The van der Waals surface area contributed by atoms with Crippen LogP contribution >= 0.6 is 22.6 Å². The molecule has 0 amide bonds. The van der Waals surface area contributed by atoms with Gasteiger partial charge < -0.3 is 28.4 Å². The van der Waals surface area contributed by atoms with E-state index in [1.807, 2.05) is 22.6 Å². The van der Waals surface area contributed by atoms with Gasteiger partial charge in [-0.05, 0) is 22.6 Å². The van der Waals surface area contributed by atoms with Crippen LogP contribution in [0.25, 0.3) is 0 Å². The Hall–Kier alpha value is -1.00. The summed E-state index contributed by atoms with van der Waals surface area (Å²) < 4.78 is 31.6. The van der Waals surface area contributed by atoms with Gasteiger partial charge in [0.05, 0.1) is 14.2 Å². The van der Waals surface area contributed by atoms with Crippen LogP contribution in [0.4, 0.5) is 0 Å². The molecule has 0 aromatic carbocycles. The lowest BCUT2D eigenvalue weighted by Crippen LogP contribution is -2.08. The molecule has 8 heteroatoms. The first kappa shape index (κ1) is 16.1. The highest BCUT2D eigenvalue weighted by Crippen LogP contribution is 2.43. The minimum atomic E-state index is 0.0716. The van der Waals surface area contributed by atoms with Crippen molar-refractivity contribution >= 4 is 22.6 Å². The Balaban J connectivity index is 3.20. The lowest BCUT2D eigenvalue weighted by Gasteiger charge is -2.16. The van der Waals surface area contributed by atoms with E-state index in [2.05, 4.69) is 4.98 Å². The molecule has 1 aromatic rings. The van der Waals surface area contributed by atoms with Gasteiger partial charge in [-0.15, -0.1) is 0 Å². The van der Waals surface area contributed by atoms with Crippen molar-refractivity contribution in [2.24, 2.45) is 0 Å². The first-order chi connectivity index (χ1) is 9.19. The molecule has 0 bridgehead atoms. The SMILES string of the molecule is COCOc1nc(OC)c(OC)c(OCOC)c1I. The molecule has 1 aromatic heterocycles. The van der Waals surface area contributed by atoms with E-state index in [0.29, 0.717) is 20.9 Å². The minimum absolute atomic E-state index is 0.0716. The highest BCUT2D eigenvalue weighted by atomic mass is 127. The van der Waals surface area contributed by atoms with Gasteiger partial charge in [-0.3, -0.25) is 0 Å². The summed E-state index contributed by atoms with van der Waals surface area (Å²) in [6, 6.07) is 0. The van der Waals surface area contributed by atoms with E-state index in [0.717, 1.165) is 0 Å². The van der Waals surface area contributed by atoms with E-state index >= 15 is 0 Å². The van der Waals surface area contributed by atoms with Crippen LogP contribution in [0.15, 0.2) is 0 Å². The van der Waals surface area contributed by atoms with Gasteiger partial charge in [0.15, 0.2) is 19.3 Å². The molecule has 0 unspecified atom stereocenters. The summed E-state index contributed by atoms with van der Waals surface area (Å²) in [6.45, 7) is 0.144. The Morgan fingerprint density at radius 1 is 0.842 bits per heavy atom. The van der Waals surface area contributed by atoms with Crippen molar-refractivity contribution in [1.82, 2.24) is 4.98 Å². The Bertz CT molecular complexity index is 415. The largest absolute Gasteiger partial charge is 0.489 e. The van der Waals surface area contributed by atoms with Crippen molar-refractivity contribution in [3.63, 3.8) is 0 Å². The summed E-state index contributed by atoms with van der Waals surface area (Å²) in [7, 11) is 6.04. The van der Waals surface area contributed by atoms with Crippen LogP contribution in [0.5, 0.6) is 23.3 Å². The molecule has 1 heterocycles. The molecule has 0 fully saturated rings. The molecule has 0 atom stereocenters. The van der Waals surface area contributed by atoms with Crippen LogP contribution in [0.3, 0.4) is 0 Å². The third-order valence-electron chi connectivity index (χ3n) is 2.02. The quantitative estimate of drug-likeness (QED) is 0.498. The lowest BCUT2D eigenvalue weighted by atomic mass is 10.4. The molecule has 0 saturated heterocycles. The van der Waals surface area contributed by atoms with Crippen LogP contribution in [0.2, 0.25) is 0 Å². The van der Waals surface area contributed by atoms with Gasteiger partial charge in [-0.25, -0.2) is 0 Å². The van der Waals surface area contributed by atoms with Crippen molar-refractivity contribution in [2.75, 3.05) is 42.0 Å². The monoisotopic (exact) mass is 385 g/mol. The zero-order valence-corrected chi connectivity index (χ0v) is 13.3. The predicted molar refractivity (Wildman–Crippen MR) is 75.1 cm³/mol. The number of rotatable bonds is 8. The molecule has 0 saturated carbocycles. The average Bonchev–Trinajstić information content (AvgIpc) is 2.44. The Morgan fingerprint density at radius 2 is 1.47 bits per heavy atom. The summed E-state index contributed by atoms with van der Waals surface area (Å²) in [6.07, 6.45) is 0. The van der Waals surface area contributed by atoms with Gasteiger partial charge in [-0.2, -0.15) is 4.98 Å². The van der Waals surface area contributed by atoms with E-state index in [9.17, 15) is 0 Å². The molecular formula is C11H16INO6. The van der Waals surface area contributed by atoms with Crippen LogP contribution in [0.1, 0.15) is 0 Å². The van der Waals surface area contributed by atoms with Crippen molar-refractivity contribution in [2.45, 2.75) is 0 Å². The topological polar surface area (TPSA) is 68.3 Å². The molecule has 19 heavy (non-hydrogen) atoms. The van der Waals surface area contributed by atoms with Crippen molar-refractivity contribution in [3.8, 4) is 23.3 Å². The predicted octanol–water partition coefficient (Wildman–Crippen LogP) is 1.67. The number of nitrogens with zero attached hydrogens (tertiary/aromatic N) is 1. The van der Waals surface area contributed by atoms with Crippen LogP contribution in [-0.2, 0) is 9.47 Å². The third-order valence-corrected chi connectivity index (χ3v) is 2.97. The Labute approximate surface area is 125 Å². The Morgan fingerprint density at radius 3 is 2.00 bits per heavy atom. The number of pyridine rings is 1. The number of aromatic nitrogens is 1. The van der Waals surface area contributed by atoms with Gasteiger partial charge in [0.25, 0.3) is 5.88 Å². The standard InChI is InChI=1S/C11H16INO6/c1-14-5-18-8-7(12)10(19-6-15-2)13-11(17-4)9(8)16-3/h5-6H2,1-4H3. The molecule has 0 aliphatic heterocycles.